The van der Waals surface area contributed by atoms with E-state index in [1.807, 2.05) is 55.1 Å². The molecule has 2 saturated heterocycles. The summed E-state index contributed by atoms with van der Waals surface area (Å²) in [6.07, 6.45) is 0.920. The van der Waals surface area contributed by atoms with Gasteiger partial charge in [-0.05, 0) is 33.4 Å². The molecule has 4 heterocycles. The fourth-order valence-corrected chi connectivity index (χ4v) is 4.85. The van der Waals surface area contributed by atoms with Crippen LogP contribution in [0.1, 0.15) is 29.7 Å². The molecule has 0 N–H and O–H groups in total. The zero-order valence-electron chi connectivity index (χ0n) is 17.6. The van der Waals surface area contributed by atoms with Crippen molar-refractivity contribution < 1.29 is 9.32 Å². The van der Waals surface area contributed by atoms with Crippen LogP contribution in [0.2, 0.25) is 0 Å². The van der Waals surface area contributed by atoms with Crippen LogP contribution in [-0.2, 0) is 11.3 Å². The van der Waals surface area contributed by atoms with Gasteiger partial charge in [0.2, 0.25) is 17.6 Å². The van der Waals surface area contributed by atoms with E-state index in [9.17, 15) is 4.79 Å². The Morgan fingerprint density at radius 3 is 2.67 bits per heavy atom. The van der Waals surface area contributed by atoms with Crippen LogP contribution in [0.25, 0.3) is 11.4 Å². The number of hydrogen-bond donors (Lipinski definition) is 0. The molecule has 1 spiro atoms. The van der Waals surface area contributed by atoms with Crippen molar-refractivity contribution in [3.8, 4) is 11.4 Å². The van der Waals surface area contributed by atoms with Crippen molar-refractivity contribution in [3.05, 3.63) is 53.7 Å². The maximum atomic E-state index is 12.7. The number of benzene rings is 1. The Kier molecular flexibility index (Phi) is 4.47. The summed E-state index contributed by atoms with van der Waals surface area (Å²) in [5.41, 5.74) is 3.01. The molecular weight excluding hydrogens is 380 g/mol. The van der Waals surface area contributed by atoms with E-state index < -0.39 is 0 Å². The first kappa shape index (κ1) is 19.0. The number of rotatable bonds is 4. The largest absolute Gasteiger partial charge is 0.340 e. The zero-order valence-corrected chi connectivity index (χ0v) is 17.6. The van der Waals surface area contributed by atoms with Gasteiger partial charge in [-0.2, -0.15) is 10.1 Å². The SMILES string of the molecule is Cc1cc(C)n(CC(=O)N2CC3(CC(c4nc(-c5ccccc5)no4)N(C)C3)C2)n1. The third-order valence-corrected chi connectivity index (χ3v) is 6.30. The van der Waals surface area contributed by atoms with Crippen molar-refractivity contribution in [1.29, 1.82) is 0 Å². The molecule has 2 aromatic heterocycles. The number of likely N-dealkylation sites (tertiary alicyclic amines) is 2. The van der Waals surface area contributed by atoms with Crippen molar-refractivity contribution in [2.24, 2.45) is 5.41 Å². The third kappa shape index (κ3) is 3.31. The Hall–Kier alpha value is -3.00. The molecule has 2 aliphatic heterocycles. The first-order chi connectivity index (χ1) is 14.4. The van der Waals surface area contributed by atoms with Crippen molar-refractivity contribution in [1.82, 2.24) is 29.7 Å². The number of nitrogens with zero attached hydrogens (tertiary/aromatic N) is 6. The van der Waals surface area contributed by atoms with Gasteiger partial charge in [0.1, 0.15) is 6.54 Å². The van der Waals surface area contributed by atoms with E-state index in [1.54, 1.807) is 4.68 Å². The summed E-state index contributed by atoms with van der Waals surface area (Å²) < 4.78 is 7.40. The Morgan fingerprint density at radius 1 is 1.20 bits per heavy atom. The number of amides is 1. The standard InChI is InChI=1S/C22H26N6O2/c1-15-9-16(2)28(24-15)11-19(29)27-13-22(14-27)10-18(26(3)12-22)21-23-20(25-30-21)17-7-5-4-6-8-17/h4-9,18H,10-14H2,1-3H3. The molecule has 3 aromatic rings. The van der Waals surface area contributed by atoms with Gasteiger partial charge in [0.15, 0.2) is 0 Å². The van der Waals surface area contributed by atoms with Gasteiger partial charge in [-0.1, -0.05) is 35.5 Å². The van der Waals surface area contributed by atoms with E-state index in [2.05, 4.69) is 27.2 Å². The molecule has 5 rings (SSSR count). The Balaban J connectivity index is 1.23. The van der Waals surface area contributed by atoms with Crippen molar-refractivity contribution >= 4 is 5.91 Å². The number of carbonyl (C=O) groups is 1. The smallest absolute Gasteiger partial charge is 0.244 e. The molecule has 1 unspecified atom stereocenters. The van der Waals surface area contributed by atoms with E-state index in [-0.39, 0.29) is 17.4 Å². The van der Waals surface area contributed by atoms with Crippen LogP contribution in [-0.4, -0.2) is 62.3 Å². The van der Waals surface area contributed by atoms with E-state index in [4.69, 9.17) is 4.52 Å². The highest BCUT2D eigenvalue weighted by Gasteiger charge is 2.53. The molecule has 1 amide bonds. The molecule has 8 nitrogen and oxygen atoms in total. The Labute approximate surface area is 175 Å². The molecule has 0 bridgehead atoms. The minimum Gasteiger partial charge on any atom is -0.340 e. The minimum absolute atomic E-state index is 0.0863. The van der Waals surface area contributed by atoms with Gasteiger partial charge in [0.25, 0.3) is 0 Å². The average molecular weight is 406 g/mol. The van der Waals surface area contributed by atoms with Crippen LogP contribution >= 0.6 is 0 Å². The summed E-state index contributed by atoms with van der Waals surface area (Å²) in [7, 11) is 2.09. The number of hydrogen-bond acceptors (Lipinski definition) is 6. The first-order valence-corrected chi connectivity index (χ1v) is 10.3. The van der Waals surface area contributed by atoms with E-state index >= 15 is 0 Å². The summed E-state index contributed by atoms with van der Waals surface area (Å²) in [5.74, 6) is 1.40. The van der Waals surface area contributed by atoms with Gasteiger partial charge in [-0.25, -0.2) is 0 Å². The van der Waals surface area contributed by atoms with Gasteiger partial charge >= 0.3 is 0 Å². The Morgan fingerprint density at radius 2 is 1.97 bits per heavy atom. The van der Waals surface area contributed by atoms with Crippen LogP contribution in [0.4, 0.5) is 0 Å². The minimum atomic E-state index is 0.0863. The van der Waals surface area contributed by atoms with Gasteiger partial charge in [0, 0.05) is 36.3 Å². The fraction of sp³-hybridized carbons (Fsp3) is 0.455. The molecular formula is C22H26N6O2. The molecule has 0 aliphatic carbocycles. The molecule has 2 aliphatic rings. The van der Waals surface area contributed by atoms with Crippen molar-refractivity contribution in [3.63, 3.8) is 0 Å². The van der Waals surface area contributed by atoms with Gasteiger partial charge < -0.3 is 9.42 Å². The maximum absolute atomic E-state index is 12.7. The van der Waals surface area contributed by atoms with E-state index in [0.717, 1.165) is 43.0 Å². The fourth-order valence-electron chi connectivity index (χ4n) is 4.85. The molecule has 1 aromatic carbocycles. The van der Waals surface area contributed by atoms with Crippen LogP contribution in [0.3, 0.4) is 0 Å². The van der Waals surface area contributed by atoms with Gasteiger partial charge in [0.05, 0.1) is 11.7 Å². The molecule has 1 atom stereocenters. The predicted octanol–water partition coefficient (Wildman–Crippen LogP) is 2.46. The monoisotopic (exact) mass is 406 g/mol. The lowest BCUT2D eigenvalue weighted by Gasteiger charge is -2.48. The number of carbonyl (C=O) groups excluding carboxylic acids is 1. The number of aryl methyl sites for hydroxylation is 2. The molecule has 2 fully saturated rings. The zero-order chi connectivity index (χ0) is 20.9. The van der Waals surface area contributed by atoms with Crippen molar-refractivity contribution in [2.75, 3.05) is 26.7 Å². The molecule has 0 radical (unpaired) electrons. The van der Waals surface area contributed by atoms with Crippen LogP contribution in [0.5, 0.6) is 0 Å². The maximum Gasteiger partial charge on any atom is 0.244 e. The summed E-state index contributed by atoms with van der Waals surface area (Å²) in [4.78, 5) is 21.6. The summed E-state index contributed by atoms with van der Waals surface area (Å²) in [5, 5.41) is 8.57. The topological polar surface area (TPSA) is 80.3 Å². The van der Waals surface area contributed by atoms with Crippen LogP contribution in [0, 0.1) is 19.3 Å². The normalized spacial score (nSPS) is 20.6. The average Bonchev–Trinajstić information content (AvgIpc) is 3.39. The van der Waals surface area contributed by atoms with Gasteiger partial charge in [-0.15, -0.1) is 0 Å². The third-order valence-electron chi connectivity index (χ3n) is 6.30. The highest BCUT2D eigenvalue weighted by molar-refractivity contribution is 5.77. The molecule has 30 heavy (non-hydrogen) atoms. The summed E-state index contributed by atoms with van der Waals surface area (Å²) in [6, 6.07) is 11.9. The molecule has 0 saturated carbocycles. The molecule has 156 valence electrons. The van der Waals surface area contributed by atoms with E-state index in [1.165, 1.54) is 0 Å². The predicted molar refractivity (Wildman–Crippen MR) is 110 cm³/mol. The van der Waals surface area contributed by atoms with Crippen LogP contribution < -0.4 is 0 Å². The lowest BCUT2D eigenvalue weighted by Crippen LogP contribution is -2.60. The second-order valence-electron chi connectivity index (χ2n) is 8.79. The summed E-state index contributed by atoms with van der Waals surface area (Å²) >= 11 is 0. The lowest BCUT2D eigenvalue weighted by atomic mass is 9.77. The Bertz CT molecular complexity index is 1070. The highest BCUT2D eigenvalue weighted by atomic mass is 16.5. The highest BCUT2D eigenvalue weighted by Crippen LogP contribution is 2.47. The van der Waals surface area contributed by atoms with Gasteiger partial charge in [-0.3, -0.25) is 14.4 Å². The quantitative estimate of drug-likeness (QED) is 0.662. The second-order valence-corrected chi connectivity index (χ2v) is 8.79. The van der Waals surface area contributed by atoms with Crippen LogP contribution in [0.15, 0.2) is 40.9 Å². The summed E-state index contributed by atoms with van der Waals surface area (Å²) in [6.45, 7) is 6.69. The van der Waals surface area contributed by atoms with Crippen molar-refractivity contribution in [2.45, 2.75) is 32.9 Å². The second kappa shape index (κ2) is 7.05. The van der Waals surface area contributed by atoms with E-state index in [0.29, 0.717) is 18.3 Å². The lowest BCUT2D eigenvalue weighted by molar-refractivity contribution is -0.143. The first-order valence-electron chi connectivity index (χ1n) is 10.3. The number of aromatic nitrogens is 4. The molecule has 8 heteroatoms.